The van der Waals surface area contributed by atoms with Crippen LogP contribution in [0.15, 0.2) is 0 Å². The summed E-state index contributed by atoms with van der Waals surface area (Å²) in [5, 5.41) is 0. The first kappa shape index (κ1) is 31.6. The van der Waals surface area contributed by atoms with Gasteiger partial charge < -0.3 is 0 Å². The molecule has 0 spiro atoms. The molecule has 0 saturated heterocycles. The Morgan fingerprint density at radius 1 is 0.400 bits per heavy atom. The van der Waals surface area contributed by atoms with E-state index in [1.165, 1.54) is 0 Å². The van der Waals surface area contributed by atoms with Gasteiger partial charge in [-0.3, -0.25) is 0 Å². The largest absolute Gasteiger partial charge is 0 e. The van der Waals surface area contributed by atoms with E-state index in [1.807, 2.05) is 0 Å². The van der Waals surface area contributed by atoms with Crippen molar-refractivity contribution in [2.45, 2.75) is 0 Å². The van der Waals surface area contributed by atoms with Gasteiger partial charge in [-0.1, -0.05) is 0 Å². The van der Waals surface area contributed by atoms with Crippen molar-refractivity contribution in [3.05, 3.63) is 0 Å². The Kier molecular flexibility index (Phi) is 144. The fourth-order valence-electron chi connectivity index (χ4n) is 0. The zero-order valence-corrected chi connectivity index (χ0v) is 14.9. The van der Waals surface area contributed by atoms with Crippen LogP contribution in [-0.4, -0.2) is 0 Å². The van der Waals surface area contributed by atoms with Crippen molar-refractivity contribution in [1.82, 2.24) is 0 Å². The standard InChI is InChI=1S/3Ce.2Rh. The number of hydrogen-bond donors (Lipinski definition) is 0. The van der Waals surface area contributed by atoms with Crippen molar-refractivity contribution in [3.8, 4) is 0 Å². The summed E-state index contributed by atoms with van der Waals surface area (Å²) < 4.78 is 0. The second-order valence-corrected chi connectivity index (χ2v) is 0. The maximum absolute atomic E-state index is 0. The van der Waals surface area contributed by atoms with Crippen molar-refractivity contribution in [2.24, 2.45) is 0 Å². The molecule has 0 fully saturated rings. The summed E-state index contributed by atoms with van der Waals surface area (Å²) >= 11 is 0. The van der Waals surface area contributed by atoms with Crippen LogP contribution in [0.2, 0.25) is 0 Å². The molecule has 2 radical (unpaired) electrons. The fraction of sp³-hybridized carbons (Fsp3) is 0. The molecule has 0 aromatic carbocycles. The Bertz CT molecular complexity index is 4.85. The zero-order valence-electron chi connectivity index (χ0n) is 2.17. The third-order valence-electron chi connectivity index (χ3n) is 0. The van der Waals surface area contributed by atoms with Crippen LogP contribution in [0.1, 0.15) is 0 Å². The van der Waals surface area contributed by atoms with E-state index in [9.17, 15) is 0 Å². The SMILES string of the molecule is [Ce].[Ce].[Ce].[Rh].[Rh]. The van der Waals surface area contributed by atoms with Gasteiger partial charge in [0.2, 0.25) is 0 Å². The van der Waals surface area contributed by atoms with E-state index in [1.54, 1.807) is 0 Å². The molecule has 0 aliphatic rings. The smallest absolute Gasteiger partial charge is 0 e. The second kappa shape index (κ2) is 22.8. The monoisotopic (exact) mass is 626 g/mol. The average molecular weight is 626 g/mol. The Balaban J connectivity index is 0. The van der Waals surface area contributed by atoms with Crippen molar-refractivity contribution in [1.29, 1.82) is 0 Å². The van der Waals surface area contributed by atoms with Gasteiger partial charge in [0.1, 0.15) is 0 Å². The number of hydrogen-bond acceptors (Lipinski definition) is 0. The topological polar surface area (TPSA) is 0 Å². The summed E-state index contributed by atoms with van der Waals surface area (Å²) in [4.78, 5) is 0. The van der Waals surface area contributed by atoms with Crippen LogP contribution in [0.25, 0.3) is 0 Å². The van der Waals surface area contributed by atoms with Gasteiger partial charge in [0, 0.05) is 164 Å². The van der Waals surface area contributed by atoms with Gasteiger partial charge in [-0.05, 0) is 0 Å². The normalized spacial score (nSPS) is 0. The van der Waals surface area contributed by atoms with Crippen LogP contribution in [0.4, 0.5) is 0 Å². The summed E-state index contributed by atoms with van der Waals surface area (Å²) in [6.07, 6.45) is 0. The van der Waals surface area contributed by atoms with Gasteiger partial charge in [0.25, 0.3) is 0 Å². The quantitative estimate of drug-likeness (QED) is 0.333. The van der Waals surface area contributed by atoms with Crippen LogP contribution in [0, 0.1) is 125 Å². The molecule has 0 amide bonds. The molecule has 0 heterocycles. The average Bonchev–Trinajstić information content (AvgIpc) is 0. The zero-order chi connectivity index (χ0) is 0. The van der Waals surface area contributed by atoms with Crippen molar-refractivity contribution < 1.29 is 164 Å². The van der Waals surface area contributed by atoms with E-state index in [-0.39, 0.29) is 164 Å². The summed E-state index contributed by atoms with van der Waals surface area (Å²) in [6, 6.07) is 0. The molecule has 0 bridgehead atoms. The molecule has 0 saturated carbocycles. The van der Waals surface area contributed by atoms with Crippen LogP contribution in [0.5, 0.6) is 0 Å². The van der Waals surface area contributed by atoms with Crippen LogP contribution in [0.3, 0.4) is 0 Å². The van der Waals surface area contributed by atoms with Crippen molar-refractivity contribution in [3.63, 3.8) is 0 Å². The molecule has 5 heavy (non-hydrogen) atoms. The Hall–Kier alpha value is 5.38. The van der Waals surface area contributed by atoms with E-state index >= 15 is 0 Å². The minimum absolute atomic E-state index is 0. The third-order valence-corrected chi connectivity index (χ3v) is 0. The molecule has 30 valence electrons. The van der Waals surface area contributed by atoms with Crippen LogP contribution >= 0.6 is 0 Å². The third kappa shape index (κ3) is 17.6. The summed E-state index contributed by atoms with van der Waals surface area (Å²) in [6.45, 7) is 0. The van der Waals surface area contributed by atoms with Gasteiger partial charge in [-0.2, -0.15) is 0 Å². The Morgan fingerprint density at radius 3 is 0.400 bits per heavy atom. The van der Waals surface area contributed by atoms with Crippen LogP contribution < -0.4 is 0 Å². The van der Waals surface area contributed by atoms with E-state index in [0.717, 1.165) is 0 Å². The van der Waals surface area contributed by atoms with Gasteiger partial charge in [0.15, 0.2) is 0 Å². The minimum Gasteiger partial charge on any atom is 0 e. The summed E-state index contributed by atoms with van der Waals surface area (Å²) in [5.41, 5.74) is 0. The molecular formula is Ce3Rh2. The number of rotatable bonds is 0. The van der Waals surface area contributed by atoms with Crippen LogP contribution in [-0.2, 0) is 39.0 Å². The molecule has 0 aliphatic carbocycles. The first-order valence-electron chi connectivity index (χ1n) is 0. The minimum atomic E-state index is 0. The molecule has 0 aromatic heterocycles. The van der Waals surface area contributed by atoms with Gasteiger partial charge >= 0.3 is 0 Å². The van der Waals surface area contributed by atoms with Gasteiger partial charge in [-0.25, -0.2) is 0 Å². The molecular weight excluding hydrogens is 626 g/mol. The molecule has 0 unspecified atom stereocenters. The van der Waals surface area contributed by atoms with E-state index in [2.05, 4.69) is 0 Å². The molecule has 0 nitrogen and oxygen atoms in total. The van der Waals surface area contributed by atoms with E-state index < -0.39 is 0 Å². The van der Waals surface area contributed by atoms with Crippen molar-refractivity contribution >= 4 is 0 Å². The second-order valence-electron chi connectivity index (χ2n) is 0. The van der Waals surface area contributed by atoms with Gasteiger partial charge in [-0.15, -0.1) is 0 Å². The maximum Gasteiger partial charge on any atom is 0 e. The van der Waals surface area contributed by atoms with E-state index in [0.29, 0.717) is 0 Å². The molecule has 0 aliphatic heterocycles. The Morgan fingerprint density at radius 2 is 0.400 bits per heavy atom. The first-order chi connectivity index (χ1) is 0. The summed E-state index contributed by atoms with van der Waals surface area (Å²) in [5.74, 6) is 0. The maximum atomic E-state index is 0. The molecule has 5 heteroatoms. The predicted molar refractivity (Wildman–Crippen MR) is 0 cm³/mol. The van der Waals surface area contributed by atoms with Gasteiger partial charge in [0.05, 0.1) is 0 Å². The Labute approximate surface area is 159 Å². The fourth-order valence-corrected chi connectivity index (χ4v) is 0. The summed E-state index contributed by atoms with van der Waals surface area (Å²) in [7, 11) is 0. The molecule has 0 atom stereocenters. The van der Waals surface area contributed by atoms with E-state index in [4.69, 9.17) is 0 Å². The predicted octanol–water partition coefficient (Wildman–Crippen LogP) is -0.00500. The first-order valence-corrected chi connectivity index (χ1v) is 0. The molecule has 0 rings (SSSR count). The molecule has 0 N–H and O–H groups in total. The van der Waals surface area contributed by atoms with Crippen molar-refractivity contribution in [2.75, 3.05) is 0 Å². The molecule has 0 aromatic rings.